The molecule has 0 radical (unpaired) electrons. The van der Waals surface area contributed by atoms with Crippen LogP contribution in [0.15, 0.2) is 30.3 Å². The van der Waals surface area contributed by atoms with Gasteiger partial charge in [-0.15, -0.1) is 0 Å². The smallest absolute Gasteiger partial charge is 0.245 e. The lowest BCUT2D eigenvalue weighted by molar-refractivity contribution is -0.138. The van der Waals surface area contributed by atoms with Crippen molar-refractivity contribution in [3.8, 4) is 0 Å². The van der Waals surface area contributed by atoms with Gasteiger partial charge in [-0.3, -0.25) is 9.59 Å². The summed E-state index contributed by atoms with van der Waals surface area (Å²) in [4.78, 5) is 25.6. The Balaban J connectivity index is 1.97. The van der Waals surface area contributed by atoms with Gasteiger partial charge in [0.15, 0.2) is 0 Å². The fraction of sp³-hybridized carbons (Fsp3) is 0.556. The van der Waals surface area contributed by atoms with Gasteiger partial charge in [-0.2, -0.15) is 4.31 Å². The third kappa shape index (κ3) is 5.28. The number of nitrogens with zero attached hydrogens (tertiary/aromatic N) is 2. The Kier molecular flexibility index (Phi) is 6.77. The van der Waals surface area contributed by atoms with Crippen molar-refractivity contribution in [1.82, 2.24) is 14.5 Å². The molecule has 1 atom stereocenters. The zero-order valence-corrected chi connectivity index (χ0v) is 16.3. The number of amides is 2. The van der Waals surface area contributed by atoms with E-state index < -0.39 is 16.1 Å². The lowest BCUT2D eigenvalue weighted by Gasteiger charge is -2.36. The lowest BCUT2D eigenvalue weighted by atomic mass is 10.0. The van der Waals surface area contributed by atoms with E-state index in [1.165, 1.54) is 11.2 Å². The van der Waals surface area contributed by atoms with E-state index >= 15 is 0 Å². The van der Waals surface area contributed by atoms with Crippen LogP contribution in [-0.4, -0.2) is 61.7 Å². The van der Waals surface area contributed by atoms with Crippen LogP contribution in [0.5, 0.6) is 0 Å². The molecule has 2 amide bonds. The lowest BCUT2D eigenvalue weighted by Crippen LogP contribution is -2.57. The molecule has 2 rings (SSSR count). The summed E-state index contributed by atoms with van der Waals surface area (Å²) in [6.45, 7) is 6.33. The normalized spacial score (nSPS) is 17.2. The highest BCUT2D eigenvalue weighted by Crippen LogP contribution is 2.15. The van der Waals surface area contributed by atoms with E-state index in [1.54, 1.807) is 17.0 Å². The van der Waals surface area contributed by atoms with E-state index in [1.807, 2.05) is 32.0 Å². The van der Waals surface area contributed by atoms with Gasteiger partial charge in [-0.25, -0.2) is 8.42 Å². The van der Waals surface area contributed by atoms with Crippen molar-refractivity contribution in [2.75, 3.05) is 26.2 Å². The van der Waals surface area contributed by atoms with Crippen molar-refractivity contribution in [1.29, 1.82) is 0 Å². The van der Waals surface area contributed by atoms with Gasteiger partial charge < -0.3 is 10.2 Å². The average molecular weight is 381 g/mol. The fourth-order valence-corrected chi connectivity index (χ4v) is 4.51. The van der Waals surface area contributed by atoms with Crippen molar-refractivity contribution in [3.05, 3.63) is 35.9 Å². The summed E-state index contributed by atoms with van der Waals surface area (Å²) in [5, 5.41) is 2.69. The molecule has 8 heteroatoms. The summed E-state index contributed by atoms with van der Waals surface area (Å²) in [5.41, 5.74) is 0.747. The number of benzene rings is 1. The summed E-state index contributed by atoms with van der Waals surface area (Å²) in [6.07, 6.45) is 0. The Morgan fingerprint density at radius 3 is 2.15 bits per heavy atom. The minimum Gasteiger partial charge on any atom is -0.344 e. The number of nitrogens with one attached hydrogen (secondary N) is 1. The monoisotopic (exact) mass is 381 g/mol. The summed E-state index contributed by atoms with van der Waals surface area (Å²) >= 11 is 0. The number of hydrogen-bond acceptors (Lipinski definition) is 4. The summed E-state index contributed by atoms with van der Waals surface area (Å²) < 4.78 is 26.6. The third-order valence-corrected chi connectivity index (χ3v) is 6.28. The van der Waals surface area contributed by atoms with Crippen LogP contribution < -0.4 is 5.32 Å². The molecule has 0 unspecified atom stereocenters. The maximum Gasteiger partial charge on any atom is 0.245 e. The van der Waals surface area contributed by atoms with Crippen LogP contribution >= 0.6 is 0 Å². The first-order valence-corrected chi connectivity index (χ1v) is 10.4. The highest BCUT2D eigenvalue weighted by atomic mass is 32.2. The Morgan fingerprint density at radius 2 is 1.65 bits per heavy atom. The second kappa shape index (κ2) is 8.64. The van der Waals surface area contributed by atoms with Crippen LogP contribution in [0.4, 0.5) is 0 Å². The molecule has 1 aromatic rings. The number of carbonyl (C=O) groups is 2. The number of hydrogen-bond donors (Lipinski definition) is 1. The highest BCUT2D eigenvalue weighted by molar-refractivity contribution is 7.88. The number of piperazine rings is 1. The van der Waals surface area contributed by atoms with Crippen LogP contribution in [0.2, 0.25) is 0 Å². The van der Waals surface area contributed by atoms with Gasteiger partial charge in [-0.05, 0) is 11.5 Å². The Hall–Kier alpha value is -1.93. The number of sulfonamides is 1. The van der Waals surface area contributed by atoms with E-state index in [0.717, 1.165) is 5.56 Å². The summed E-state index contributed by atoms with van der Waals surface area (Å²) in [7, 11) is -3.42. The van der Waals surface area contributed by atoms with Crippen molar-refractivity contribution in [2.45, 2.75) is 32.6 Å². The first kappa shape index (κ1) is 20.4. The van der Waals surface area contributed by atoms with Gasteiger partial charge in [0, 0.05) is 33.1 Å². The van der Waals surface area contributed by atoms with Gasteiger partial charge in [0.1, 0.15) is 6.04 Å². The predicted molar refractivity (Wildman–Crippen MR) is 99.7 cm³/mol. The zero-order valence-electron chi connectivity index (χ0n) is 15.5. The molecule has 144 valence electrons. The minimum atomic E-state index is -3.42. The van der Waals surface area contributed by atoms with Gasteiger partial charge in [-0.1, -0.05) is 44.2 Å². The Morgan fingerprint density at radius 1 is 1.08 bits per heavy atom. The molecule has 26 heavy (non-hydrogen) atoms. The second-order valence-electron chi connectivity index (χ2n) is 6.89. The van der Waals surface area contributed by atoms with Gasteiger partial charge in [0.2, 0.25) is 21.8 Å². The van der Waals surface area contributed by atoms with Crippen LogP contribution in [0.1, 0.15) is 26.3 Å². The molecule has 0 saturated carbocycles. The first-order valence-electron chi connectivity index (χ1n) is 8.78. The number of rotatable bonds is 6. The van der Waals surface area contributed by atoms with E-state index in [4.69, 9.17) is 0 Å². The SMILES string of the molecule is CC(=O)N[C@@H](C(=O)N1CCN(S(=O)(=O)Cc2ccccc2)CC1)C(C)C. The molecular weight excluding hydrogens is 354 g/mol. The van der Waals surface area contributed by atoms with E-state index in [9.17, 15) is 18.0 Å². The molecular formula is C18H27N3O4S. The number of carbonyl (C=O) groups excluding carboxylic acids is 2. The van der Waals surface area contributed by atoms with E-state index in [2.05, 4.69) is 5.32 Å². The van der Waals surface area contributed by atoms with Crippen molar-refractivity contribution in [3.63, 3.8) is 0 Å². The fourth-order valence-electron chi connectivity index (χ4n) is 2.99. The van der Waals surface area contributed by atoms with Crippen LogP contribution in [-0.2, 0) is 25.4 Å². The summed E-state index contributed by atoms with van der Waals surface area (Å²) in [5.74, 6) is -0.481. The highest BCUT2D eigenvalue weighted by Gasteiger charge is 2.33. The van der Waals surface area contributed by atoms with Gasteiger partial charge >= 0.3 is 0 Å². The molecule has 0 aliphatic carbocycles. The third-order valence-electron chi connectivity index (χ3n) is 4.43. The topological polar surface area (TPSA) is 86.8 Å². The van der Waals surface area contributed by atoms with Gasteiger partial charge in [0.05, 0.1) is 5.75 Å². The molecule has 1 aliphatic heterocycles. The molecule has 1 fully saturated rings. The second-order valence-corrected chi connectivity index (χ2v) is 8.86. The molecule has 1 saturated heterocycles. The first-order chi connectivity index (χ1) is 12.2. The average Bonchev–Trinajstić information content (AvgIpc) is 2.59. The standard InChI is InChI=1S/C18H27N3O4S/c1-14(2)17(19-15(3)22)18(23)20-9-11-21(12-10-20)26(24,25)13-16-7-5-4-6-8-16/h4-8,14,17H,9-13H2,1-3H3,(H,19,22)/t17-/m1/s1. The largest absolute Gasteiger partial charge is 0.344 e. The molecule has 1 aliphatic rings. The quantitative estimate of drug-likeness (QED) is 0.790. The van der Waals surface area contributed by atoms with Crippen molar-refractivity contribution >= 4 is 21.8 Å². The van der Waals surface area contributed by atoms with Crippen LogP contribution in [0.3, 0.4) is 0 Å². The maximum absolute atomic E-state index is 12.7. The predicted octanol–water partition coefficient (Wildman–Crippen LogP) is 0.821. The minimum absolute atomic E-state index is 0.0359. The summed E-state index contributed by atoms with van der Waals surface area (Å²) in [6, 6.07) is 8.47. The van der Waals surface area contributed by atoms with Crippen molar-refractivity contribution in [2.24, 2.45) is 5.92 Å². The van der Waals surface area contributed by atoms with Crippen LogP contribution in [0.25, 0.3) is 0 Å². The Labute approximate surface area is 155 Å². The van der Waals surface area contributed by atoms with Crippen molar-refractivity contribution < 1.29 is 18.0 Å². The molecule has 0 spiro atoms. The molecule has 1 aromatic carbocycles. The maximum atomic E-state index is 12.7. The Bertz CT molecular complexity index is 726. The van der Waals surface area contributed by atoms with Crippen LogP contribution in [0, 0.1) is 5.92 Å². The molecule has 0 aromatic heterocycles. The molecule has 7 nitrogen and oxygen atoms in total. The molecule has 0 bridgehead atoms. The molecule has 1 N–H and O–H groups in total. The van der Waals surface area contributed by atoms with E-state index in [0.29, 0.717) is 13.1 Å². The van der Waals surface area contributed by atoms with E-state index in [-0.39, 0.29) is 36.6 Å². The van der Waals surface area contributed by atoms with Gasteiger partial charge in [0.25, 0.3) is 0 Å². The zero-order chi connectivity index (χ0) is 19.3. The molecule has 1 heterocycles.